The van der Waals surface area contributed by atoms with Crippen LogP contribution in [0.5, 0.6) is 11.5 Å². The third-order valence-electron chi connectivity index (χ3n) is 4.27. The minimum atomic E-state index is -4.12. The molecule has 0 bridgehead atoms. The molecule has 3 rings (SSSR count). The number of nitrogens with zero attached hydrogens (tertiary/aromatic N) is 1. The highest BCUT2D eigenvalue weighted by Gasteiger charge is 2.22. The largest absolute Gasteiger partial charge is 0.493 e. The number of hydrogen-bond acceptors (Lipinski definition) is 6. The lowest BCUT2D eigenvalue weighted by Crippen LogP contribution is -2.13. The Bertz CT molecular complexity index is 1370. The van der Waals surface area contributed by atoms with E-state index in [4.69, 9.17) is 20.5 Å². The summed E-state index contributed by atoms with van der Waals surface area (Å²) in [5, 5.41) is 12.4. The maximum atomic E-state index is 12.6. The van der Waals surface area contributed by atoms with Crippen molar-refractivity contribution in [2.24, 2.45) is 0 Å². The maximum Gasteiger partial charge on any atom is 0.339 e. The van der Waals surface area contributed by atoms with Crippen molar-refractivity contribution < 1.29 is 22.1 Å². The van der Waals surface area contributed by atoms with Crippen LogP contribution in [0.4, 0.5) is 5.69 Å². The summed E-state index contributed by atoms with van der Waals surface area (Å²) in [6.45, 7) is 0. The van der Waals surface area contributed by atoms with Gasteiger partial charge in [0, 0.05) is 0 Å². The Kier molecular flexibility index (Phi) is 7.76. The first-order chi connectivity index (χ1) is 15.7. The first-order valence-corrected chi connectivity index (χ1v) is 11.9. The lowest BCUT2D eigenvalue weighted by atomic mass is 10.1. The summed E-state index contributed by atoms with van der Waals surface area (Å²) >= 11 is 9.33. The maximum absolute atomic E-state index is 12.6. The molecule has 0 aromatic heterocycles. The average Bonchev–Trinajstić information content (AvgIpc) is 2.80. The van der Waals surface area contributed by atoms with Crippen LogP contribution in [-0.4, -0.2) is 21.4 Å². The average molecular weight is 548 g/mol. The SMILES string of the molecule is COc1cc(/C=C(\C#N)C(=O)Nc2ccccc2Cl)cc(Br)c1OS(=O)(=O)c1ccccc1. The van der Waals surface area contributed by atoms with Crippen LogP contribution in [-0.2, 0) is 14.9 Å². The molecule has 1 amide bonds. The van der Waals surface area contributed by atoms with E-state index in [1.165, 1.54) is 37.5 Å². The third kappa shape index (κ3) is 5.93. The Morgan fingerprint density at radius 2 is 1.79 bits per heavy atom. The zero-order chi connectivity index (χ0) is 24.0. The van der Waals surface area contributed by atoms with Gasteiger partial charge < -0.3 is 14.2 Å². The molecule has 3 aromatic rings. The summed E-state index contributed by atoms with van der Waals surface area (Å²) in [6.07, 6.45) is 1.33. The molecule has 0 saturated heterocycles. The van der Waals surface area contributed by atoms with Crippen LogP contribution in [0.1, 0.15) is 5.56 Å². The molecule has 168 valence electrons. The fourth-order valence-corrected chi connectivity index (χ4v) is 4.53. The third-order valence-corrected chi connectivity index (χ3v) is 6.43. The van der Waals surface area contributed by atoms with Crippen molar-refractivity contribution in [3.8, 4) is 17.6 Å². The monoisotopic (exact) mass is 546 g/mol. The highest BCUT2D eigenvalue weighted by Crippen LogP contribution is 2.39. The van der Waals surface area contributed by atoms with Gasteiger partial charge in [0.25, 0.3) is 5.91 Å². The number of halogens is 2. The lowest BCUT2D eigenvalue weighted by Gasteiger charge is -2.13. The molecule has 0 aliphatic heterocycles. The Labute approximate surface area is 204 Å². The van der Waals surface area contributed by atoms with E-state index in [-0.39, 0.29) is 26.4 Å². The van der Waals surface area contributed by atoms with Crippen LogP contribution in [0.2, 0.25) is 5.02 Å². The van der Waals surface area contributed by atoms with E-state index in [1.54, 1.807) is 42.5 Å². The topological polar surface area (TPSA) is 105 Å². The number of carbonyl (C=O) groups excluding carboxylic acids is 1. The van der Waals surface area contributed by atoms with Crippen molar-refractivity contribution in [2.45, 2.75) is 4.90 Å². The van der Waals surface area contributed by atoms with Crippen molar-refractivity contribution in [3.63, 3.8) is 0 Å². The predicted molar refractivity (Wildman–Crippen MR) is 129 cm³/mol. The van der Waals surface area contributed by atoms with E-state index >= 15 is 0 Å². The van der Waals surface area contributed by atoms with Crippen molar-refractivity contribution in [2.75, 3.05) is 12.4 Å². The second-order valence-corrected chi connectivity index (χ2v) is 9.30. The summed E-state index contributed by atoms with van der Waals surface area (Å²) < 4.78 is 36.0. The van der Waals surface area contributed by atoms with Crippen LogP contribution in [0.15, 0.2) is 81.7 Å². The fraction of sp³-hybridized carbons (Fsp3) is 0.0435. The molecule has 10 heteroatoms. The summed E-state index contributed by atoms with van der Waals surface area (Å²) in [5.74, 6) is -0.649. The molecular formula is C23H16BrClN2O5S. The van der Waals surface area contributed by atoms with E-state index in [0.717, 1.165) is 0 Å². The summed E-state index contributed by atoms with van der Waals surface area (Å²) in [7, 11) is -2.78. The van der Waals surface area contributed by atoms with E-state index in [9.17, 15) is 18.5 Å². The van der Waals surface area contributed by atoms with Gasteiger partial charge in [0.15, 0.2) is 11.5 Å². The van der Waals surface area contributed by atoms with Gasteiger partial charge in [0.2, 0.25) is 0 Å². The zero-order valence-electron chi connectivity index (χ0n) is 17.1. The first-order valence-electron chi connectivity index (χ1n) is 9.30. The number of rotatable bonds is 7. The molecule has 3 aromatic carbocycles. The fourth-order valence-electron chi connectivity index (χ4n) is 2.72. The Morgan fingerprint density at radius 3 is 2.42 bits per heavy atom. The van der Waals surface area contributed by atoms with Gasteiger partial charge in [-0.2, -0.15) is 13.7 Å². The Balaban J connectivity index is 1.92. The van der Waals surface area contributed by atoms with Gasteiger partial charge in [-0.1, -0.05) is 41.9 Å². The summed E-state index contributed by atoms with van der Waals surface area (Å²) in [6, 6.07) is 19.1. The van der Waals surface area contributed by atoms with Crippen molar-refractivity contribution >= 4 is 55.3 Å². The minimum Gasteiger partial charge on any atom is -0.493 e. The van der Waals surface area contributed by atoms with Crippen molar-refractivity contribution in [3.05, 3.63) is 87.4 Å². The number of anilines is 1. The zero-order valence-corrected chi connectivity index (χ0v) is 20.2. The Morgan fingerprint density at radius 1 is 1.12 bits per heavy atom. The highest BCUT2D eigenvalue weighted by atomic mass is 79.9. The molecule has 0 atom stereocenters. The van der Waals surface area contributed by atoms with Crippen LogP contribution < -0.4 is 14.2 Å². The smallest absolute Gasteiger partial charge is 0.339 e. The molecule has 0 aliphatic rings. The molecule has 7 nitrogen and oxygen atoms in total. The van der Waals surface area contributed by atoms with E-state index < -0.39 is 16.0 Å². The molecule has 0 unspecified atom stereocenters. The number of ether oxygens (including phenoxy) is 1. The molecule has 0 radical (unpaired) electrons. The van der Waals surface area contributed by atoms with Gasteiger partial charge in [-0.25, -0.2) is 0 Å². The number of methoxy groups -OCH3 is 1. The van der Waals surface area contributed by atoms with Gasteiger partial charge in [0.05, 0.1) is 22.3 Å². The highest BCUT2D eigenvalue weighted by molar-refractivity contribution is 9.10. The van der Waals surface area contributed by atoms with Gasteiger partial charge in [-0.05, 0) is 64.0 Å². The van der Waals surface area contributed by atoms with E-state index in [0.29, 0.717) is 16.3 Å². The number of nitriles is 1. The quantitative estimate of drug-likeness (QED) is 0.240. The number of nitrogens with one attached hydrogen (secondary N) is 1. The number of para-hydroxylation sites is 1. The molecule has 0 fully saturated rings. The van der Waals surface area contributed by atoms with Crippen LogP contribution >= 0.6 is 27.5 Å². The number of benzene rings is 3. The van der Waals surface area contributed by atoms with Gasteiger partial charge in [-0.3, -0.25) is 4.79 Å². The Hall–Kier alpha value is -3.32. The van der Waals surface area contributed by atoms with E-state index in [2.05, 4.69) is 21.2 Å². The predicted octanol–water partition coefficient (Wildman–Crippen LogP) is 5.42. The lowest BCUT2D eigenvalue weighted by molar-refractivity contribution is -0.112. The van der Waals surface area contributed by atoms with Crippen LogP contribution in [0, 0.1) is 11.3 Å². The molecule has 0 aliphatic carbocycles. The second-order valence-electron chi connectivity index (χ2n) is 6.49. The molecular weight excluding hydrogens is 532 g/mol. The van der Waals surface area contributed by atoms with Gasteiger partial charge >= 0.3 is 10.1 Å². The second kappa shape index (κ2) is 10.5. The molecule has 0 saturated carbocycles. The number of carbonyl (C=O) groups is 1. The summed E-state index contributed by atoms with van der Waals surface area (Å²) in [4.78, 5) is 12.5. The van der Waals surface area contributed by atoms with Gasteiger partial charge in [0.1, 0.15) is 16.5 Å². The van der Waals surface area contributed by atoms with Crippen LogP contribution in [0.25, 0.3) is 6.08 Å². The number of amides is 1. The molecule has 0 spiro atoms. The van der Waals surface area contributed by atoms with Crippen molar-refractivity contribution in [1.82, 2.24) is 0 Å². The first kappa shape index (κ1) is 24.3. The summed E-state index contributed by atoms with van der Waals surface area (Å²) in [5.41, 5.74) is 0.558. The standard InChI is InChI=1S/C23H16BrClN2O5S/c1-31-21-13-15(11-16(14-26)23(28)27-20-10-6-5-9-19(20)25)12-18(24)22(21)32-33(29,30)17-7-3-2-4-8-17/h2-13H,1H3,(H,27,28)/b16-11+. The molecule has 1 N–H and O–H groups in total. The normalized spacial score (nSPS) is 11.4. The van der Waals surface area contributed by atoms with Crippen molar-refractivity contribution in [1.29, 1.82) is 5.26 Å². The van der Waals surface area contributed by atoms with Gasteiger partial charge in [-0.15, -0.1) is 0 Å². The van der Waals surface area contributed by atoms with E-state index in [1.807, 2.05) is 6.07 Å². The number of hydrogen-bond donors (Lipinski definition) is 1. The minimum absolute atomic E-state index is 0.0223. The molecule has 33 heavy (non-hydrogen) atoms. The molecule has 0 heterocycles. The van der Waals surface area contributed by atoms with Crippen LogP contribution in [0.3, 0.4) is 0 Å².